The van der Waals surface area contributed by atoms with E-state index >= 15 is 0 Å². The van der Waals surface area contributed by atoms with Gasteiger partial charge in [0.25, 0.3) is 0 Å². The molecule has 2 atom stereocenters. The molecule has 2 nitrogen and oxygen atoms in total. The Kier molecular flexibility index (Phi) is 5.10. The molecule has 0 aliphatic heterocycles. The Balaban J connectivity index is 1.94. The number of benzene rings is 1. The summed E-state index contributed by atoms with van der Waals surface area (Å²) in [5.74, 6) is -1.88. The summed E-state index contributed by atoms with van der Waals surface area (Å²) in [6.45, 7) is 2.18. The molecule has 0 radical (unpaired) electrons. The quantitative estimate of drug-likeness (QED) is 0.871. The van der Waals surface area contributed by atoms with Crippen LogP contribution in [0.1, 0.15) is 29.5 Å². The third kappa shape index (κ3) is 3.76. The lowest BCUT2D eigenvalue weighted by molar-refractivity contribution is 0.170. The van der Waals surface area contributed by atoms with Gasteiger partial charge >= 0.3 is 0 Å². The van der Waals surface area contributed by atoms with Crippen molar-refractivity contribution in [3.05, 3.63) is 56.7 Å². The molecule has 0 aliphatic carbocycles. The molecule has 0 saturated heterocycles. The zero-order valence-corrected chi connectivity index (χ0v) is 12.3. The Morgan fingerprint density at radius 3 is 2.60 bits per heavy atom. The number of hydrogen-bond donors (Lipinski definition) is 2. The lowest BCUT2D eigenvalue weighted by Crippen LogP contribution is -2.24. The summed E-state index contributed by atoms with van der Waals surface area (Å²) in [7, 11) is 0. The molecule has 0 spiro atoms. The number of aliphatic hydroxyl groups excluding tert-OH is 1. The van der Waals surface area contributed by atoms with Gasteiger partial charge in [0, 0.05) is 17.5 Å². The van der Waals surface area contributed by atoms with E-state index in [-0.39, 0.29) is 12.6 Å². The third-order valence-corrected chi connectivity index (χ3v) is 4.38. The average molecular weight is 318 g/mol. The highest BCUT2D eigenvalue weighted by Gasteiger charge is 2.13. The van der Waals surface area contributed by atoms with Crippen molar-refractivity contribution >= 4 is 22.9 Å². The first kappa shape index (κ1) is 15.4. The van der Waals surface area contributed by atoms with E-state index in [1.54, 1.807) is 0 Å². The average Bonchev–Trinajstić information content (AvgIpc) is 2.85. The SMILES string of the molecule is CC(NCC(O)c1ccc(F)c(F)c1)c1ccc(Cl)s1. The van der Waals surface area contributed by atoms with Gasteiger partial charge in [0.2, 0.25) is 0 Å². The summed E-state index contributed by atoms with van der Waals surface area (Å²) in [5, 5.41) is 13.1. The Bertz CT molecular complexity index is 590. The van der Waals surface area contributed by atoms with Crippen LogP contribution in [0, 0.1) is 11.6 Å². The number of halogens is 3. The number of hydrogen-bond acceptors (Lipinski definition) is 3. The zero-order chi connectivity index (χ0) is 14.7. The molecular weight excluding hydrogens is 304 g/mol. The molecule has 0 saturated carbocycles. The standard InChI is InChI=1S/C14H14ClF2NOS/c1-8(13-4-5-14(15)20-13)18-7-12(19)9-2-3-10(16)11(17)6-9/h2-6,8,12,18-19H,7H2,1H3. The van der Waals surface area contributed by atoms with Gasteiger partial charge in [-0.3, -0.25) is 0 Å². The minimum absolute atomic E-state index is 0.0208. The van der Waals surface area contributed by atoms with Crippen LogP contribution in [0.2, 0.25) is 4.34 Å². The van der Waals surface area contributed by atoms with Crippen molar-refractivity contribution in [2.75, 3.05) is 6.54 Å². The van der Waals surface area contributed by atoms with Crippen molar-refractivity contribution in [1.82, 2.24) is 5.32 Å². The van der Waals surface area contributed by atoms with Gasteiger partial charge in [0.15, 0.2) is 11.6 Å². The maximum Gasteiger partial charge on any atom is 0.159 e. The van der Waals surface area contributed by atoms with Gasteiger partial charge in [-0.1, -0.05) is 17.7 Å². The maximum absolute atomic E-state index is 13.1. The summed E-state index contributed by atoms with van der Waals surface area (Å²) in [4.78, 5) is 1.05. The highest BCUT2D eigenvalue weighted by atomic mass is 35.5. The van der Waals surface area contributed by atoms with Crippen LogP contribution in [0.4, 0.5) is 8.78 Å². The Hall–Kier alpha value is -1.01. The number of nitrogens with one attached hydrogen (secondary N) is 1. The van der Waals surface area contributed by atoms with Crippen molar-refractivity contribution in [2.24, 2.45) is 0 Å². The van der Waals surface area contributed by atoms with Gasteiger partial charge < -0.3 is 10.4 Å². The number of rotatable bonds is 5. The summed E-state index contributed by atoms with van der Waals surface area (Å²) < 4.78 is 26.6. The van der Waals surface area contributed by atoms with Crippen LogP contribution in [0.3, 0.4) is 0 Å². The fourth-order valence-corrected chi connectivity index (χ4v) is 2.88. The fraction of sp³-hybridized carbons (Fsp3) is 0.286. The largest absolute Gasteiger partial charge is 0.387 e. The minimum Gasteiger partial charge on any atom is -0.387 e. The van der Waals surface area contributed by atoms with E-state index in [0.29, 0.717) is 9.90 Å². The monoisotopic (exact) mass is 317 g/mol. The molecule has 6 heteroatoms. The normalized spacial score (nSPS) is 14.2. The fourth-order valence-electron chi connectivity index (χ4n) is 1.79. The van der Waals surface area contributed by atoms with Gasteiger partial charge in [-0.2, -0.15) is 0 Å². The van der Waals surface area contributed by atoms with Crippen molar-refractivity contribution in [3.63, 3.8) is 0 Å². The van der Waals surface area contributed by atoms with Crippen molar-refractivity contribution in [1.29, 1.82) is 0 Å². The summed E-state index contributed by atoms with van der Waals surface area (Å²) >= 11 is 7.32. The minimum atomic E-state index is -0.959. The summed E-state index contributed by atoms with van der Waals surface area (Å²) in [5.41, 5.74) is 0.341. The van der Waals surface area contributed by atoms with Crippen molar-refractivity contribution in [2.45, 2.75) is 19.1 Å². The zero-order valence-electron chi connectivity index (χ0n) is 10.7. The third-order valence-electron chi connectivity index (χ3n) is 2.97. The second-order valence-corrected chi connectivity index (χ2v) is 6.21. The number of thiophene rings is 1. The van der Waals surface area contributed by atoms with Crippen LogP contribution in [-0.2, 0) is 0 Å². The van der Waals surface area contributed by atoms with Gasteiger partial charge in [0.1, 0.15) is 0 Å². The predicted molar refractivity (Wildman–Crippen MR) is 77.1 cm³/mol. The van der Waals surface area contributed by atoms with E-state index in [1.807, 2.05) is 19.1 Å². The molecule has 20 heavy (non-hydrogen) atoms. The van der Waals surface area contributed by atoms with Gasteiger partial charge in [-0.05, 0) is 36.8 Å². The molecule has 1 aromatic carbocycles. The highest BCUT2D eigenvalue weighted by Crippen LogP contribution is 2.27. The predicted octanol–water partition coefficient (Wildman–Crippen LogP) is 4.06. The van der Waals surface area contributed by atoms with Crippen LogP contribution in [0.15, 0.2) is 30.3 Å². The molecule has 2 aromatic rings. The molecule has 2 rings (SSSR count). The molecule has 2 N–H and O–H groups in total. The van der Waals surface area contributed by atoms with E-state index in [2.05, 4.69) is 5.32 Å². The van der Waals surface area contributed by atoms with E-state index < -0.39 is 17.7 Å². The van der Waals surface area contributed by atoms with Gasteiger partial charge in [-0.15, -0.1) is 11.3 Å². The second kappa shape index (κ2) is 6.63. The topological polar surface area (TPSA) is 32.3 Å². The van der Waals surface area contributed by atoms with Gasteiger partial charge in [0.05, 0.1) is 10.4 Å². The molecule has 1 heterocycles. The van der Waals surface area contributed by atoms with Crippen molar-refractivity contribution in [3.8, 4) is 0 Å². The van der Waals surface area contributed by atoms with Crippen LogP contribution in [0.5, 0.6) is 0 Å². The highest BCUT2D eigenvalue weighted by molar-refractivity contribution is 7.16. The van der Waals surface area contributed by atoms with E-state index in [4.69, 9.17) is 11.6 Å². The molecule has 1 aromatic heterocycles. The molecule has 2 unspecified atom stereocenters. The maximum atomic E-state index is 13.1. The van der Waals surface area contributed by atoms with E-state index in [9.17, 15) is 13.9 Å². The summed E-state index contributed by atoms with van der Waals surface area (Å²) in [6, 6.07) is 7.13. The van der Waals surface area contributed by atoms with Crippen LogP contribution < -0.4 is 5.32 Å². The lowest BCUT2D eigenvalue weighted by atomic mass is 10.1. The molecule has 0 aliphatic rings. The molecular formula is C14H14ClF2NOS. The second-order valence-electron chi connectivity index (χ2n) is 4.46. The van der Waals surface area contributed by atoms with Crippen molar-refractivity contribution < 1.29 is 13.9 Å². The Labute approximate surface area is 125 Å². The molecule has 0 bridgehead atoms. The first-order valence-corrected chi connectivity index (χ1v) is 7.28. The van der Waals surface area contributed by atoms with E-state index in [1.165, 1.54) is 17.4 Å². The molecule has 0 amide bonds. The Morgan fingerprint density at radius 2 is 2.00 bits per heavy atom. The molecule has 0 fully saturated rings. The lowest BCUT2D eigenvalue weighted by Gasteiger charge is -2.16. The van der Waals surface area contributed by atoms with Crippen LogP contribution in [-0.4, -0.2) is 11.7 Å². The first-order chi connectivity index (χ1) is 9.47. The van der Waals surface area contributed by atoms with Crippen LogP contribution in [0.25, 0.3) is 0 Å². The molecule has 108 valence electrons. The smallest absolute Gasteiger partial charge is 0.159 e. The van der Waals surface area contributed by atoms with Gasteiger partial charge in [-0.25, -0.2) is 8.78 Å². The first-order valence-electron chi connectivity index (χ1n) is 6.09. The number of aliphatic hydroxyl groups is 1. The van der Waals surface area contributed by atoms with Crippen LogP contribution >= 0.6 is 22.9 Å². The van der Waals surface area contributed by atoms with E-state index in [0.717, 1.165) is 17.0 Å². The Morgan fingerprint density at radius 1 is 1.25 bits per heavy atom. The summed E-state index contributed by atoms with van der Waals surface area (Å²) in [6.07, 6.45) is -0.900.